The summed E-state index contributed by atoms with van der Waals surface area (Å²) < 4.78 is 1.33. The van der Waals surface area contributed by atoms with E-state index in [1.54, 1.807) is 0 Å². The van der Waals surface area contributed by atoms with Crippen LogP contribution in [-0.2, 0) is 0 Å². The van der Waals surface area contributed by atoms with Gasteiger partial charge in [-0.15, -0.1) is 0 Å². The molecule has 0 amide bonds. The van der Waals surface area contributed by atoms with Crippen molar-refractivity contribution in [3.63, 3.8) is 0 Å². The van der Waals surface area contributed by atoms with Crippen molar-refractivity contribution >= 4 is 17.3 Å². The topological polar surface area (TPSA) is 86.7 Å². The maximum Gasteiger partial charge on any atom is 0.289 e. The van der Waals surface area contributed by atoms with E-state index in [0.717, 1.165) is 6.20 Å². The Morgan fingerprint density at radius 3 is 2.87 bits per heavy atom. The van der Waals surface area contributed by atoms with Crippen molar-refractivity contribution in [2.45, 2.75) is 0 Å². The van der Waals surface area contributed by atoms with Crippen LogP contribution in [0.4, 0.5) is 5.69 Å². The van der Waals surface area contributed by atoms with E-state index in [1.165, 1.54) is 23.4 Å². The first-order valence-electron chi connectivity index (χ1n) is 3.83. The van der Waals surface area contributed by atoms with Crippen molar-refractivity contribution in [3.05, 3.63) is 40.1 Å². The van der Waals surface area contributed by atoms with Gasteiger partial charge in [0.1, 0.15) is 18.9 Å². The molecule has 0 aromatic carbocycles. The average molecular weight is 226 g/mol. The number of hydrogen-bond donors (Lipinski definition) is 0. The van der Waals surface area contributed by atoms with Gasteiger partial charge in [0, 0.05) is 6.07 Å². The molecule has 0 aliphatic heterocycles. The molecule has 2 rings (SSSR count). The zero-order valence-corrected chi connectivity index (χ0v) is 8.00. The van der Waals surface area contributed by atoms with Crippen molar-refractivity contribution < 1.29 is 4.92 Å². The number of halogens is 1. The minimum atomic E-state index is -0.565. The van der Waals surface area contributed by atoms with Gasteiger partial charge in [0.05, 0.1) is 9.95 Å². The van der Waals surface area contributed by atoms with Gasteiger partial charge in [0.2, 0.25) is 0 Å². The Hall–Kier alpha value is -2.02. The monoisotopic (exact) mass is 225 g/mol. The van der Waals surface area contributed by atoms with Gasteiger partial charge < -0.3 is 0 Å². The highest BCUT2D eigenvalue weighted by molar-refractivity contribution is 6.32. The molecule has 0 N–H and O–H groups in total. The summed E-state index contributed by atoms with van der Waals surface area (Å²) in [6.45, 7) is 0. The van der Waals surface area contributed by atoms with Gasteiger partial charge in [-0.3, -0.25) is 10.1 Å². The fourth-order valence-electron chi connectivity index (χ4n) is 1.01. The zero-order valence-electron chi connectivity index (χ0n) is 7.24. The first kappa shape index (κ1) is 9.53. The predicted octanol–water partition coefficient (Wildman–Crippen LogP) is 1.22. The molecule has 2 aromatic heterocycles. The van der Waals surface area contributed by atoms with Gasteiger partial charge in [-0.1, -0.05) is 11.6 Å². The zero-order chi connectivity index (χ0) is 10.8. The molecule has 76 valence electrons. The predicted molar refractivity (Wildman–Crippen MR) is 50.8 cm³/mol. The SMILES string of the molecule is O=[N+]([O-])c1cnc(-n2cncn2)c(Cl)c1. The number of nitrogens with zero attached hydrogens (tertiary/aromatic N) is 5. The summed E-state index contributed by atoms with van der Waals surface area (Å²) in [5.41, 5.74) is -0.163. The summed E-state index contributed by atoms with van der Waals surface area (Å²) >= 11 is 5.81. The van der Waals surface area contributed by atoms with E-state index in [4.69, 9.17) is 11.6 Å². The molecule has 0 fully saturated rings. The lowest BCUT2D eigenvalue weighted by molar-refractivity contribution is -0.385. The molecule has 0 atom stereocenters. The highest BCUT2D eigenvalue weighted by Gasteiger charge is 2.12. The lowest BCUT2D eigenvalue weighted by atomic mass is 10.4. The average Bonchev–Trinajstić information content (AvgIpc) is 2.70. The number of aromatic nitrogens is 4. The minimum Gasteiger partial charge on any atom is -0.258 e. The lowest BCUT2D eigenvalue weighted by Gasteiger charge is -2.00. The molecule has 0 saturated carbocycles. The lowest BCUT2D eigenvalue weighted by Crippen LogP contribution is -2.00. The second-order valence-electron chi connectivity index (χ2n) is 2.60. The van der Waals surface area contributed by atoms with E-state index < -0.39 is 4.92 Å². The third-order valence-electron chi connectivity index (χ3n) is 1.65. The van der Waals surface area contributed by atoms with Crippen LogP contribution in [0.2, 0.25) is 5.02 Å². The number of nitro groups is 1. The normalized spacial score (nSPS) is 10.2. The van der Waals surface area contributed by atoms with Crippen LogP contribution in [0.25, 0.3) is 5.82 Å². The number of rotatable bonds is 2. The smallest absolute Gasteiger partial charge is 0.258 e. The molecule has 0 saturated heterocycles. The van der Waals surface area contributed by atoms with Gasteiger partial charge in [0.25, 0.3) is 5.69 Å². The molecule has 0 aliphatic rings. The van der Waals surface area contributed by atoms with Crippen LogP contribution in [0.3, 0.4) is 0 Å². The number of hydrogen-bond acceptors (Lipinski definition) is 5. The van der Waals surface area contributed by atoms with Crippen molar-refractivity contribution in [2.75, 3.05) is 0 Å². The molecule has 15 heavy (non-hydrogen) atoms. The Labute approximate surface area is 88.5 Å². The maximum atomic E-state index is 10.4. The van der Waals surface area contributed by atoms with Crippen LogP contribution in [0, 0.1) is 10.1 Å². The van der Waals surface area contributed by atoms with Crippen LogP contribution < -0.4 is 0 Å². The Bertz CT molecular complexity index is 498. The largest absolute Gasteiger partial charge is 0.289 e. The van der Waals surface area contributed by atoms with Crippen molar-refractivity contribution in [2.24, 2.45) is 0 Å². The van der Waals surface area contributed by atoms with Crippen molar-refractivity contribution in [3.8, 4) is 5.82 Å². The van der Waals surface area contributed by atoms with Crippen molar-refractivity contribution in [1.29, 1.82) is 0 Å². The van der Waals surface area contributed by atoms with Gasteiger partial charge in [-0.25, -0.2) is 14.6 Å². The van der Waals surface area contributed by atoms with Crippen LogP contribution in [0.15, 0.2) is 24.9 Å². The summed E-state index contributed by atoms with van der Waals surface area (Å²) in [6, 6.07) is 1.21. The number of pyridine rings is 1. The molecule has 7 nitrogen and oxygen atoms in total. The third kappa shape index (κ3) is 1.77. The molecule has 0 spiro atoms. The molecular weight excluding hydrogens is 222 g/mol. The second kappa shape index (κ2) is 3.62. The summed E-state index contributed by atoms with van der Waals surface area (Å²) in [5.74, 6) is 0.305. The Kier molecular flexibility index (Phi) is 2.30. The molecule has 2 aromatic rings. The molecule has 8 heteroatoms. The highest BCUT2D eigenvalue weighted by atomic mass is 35.5. The summed E-state index contributed by atoms with van der Waals surface area (Å²) in [7, 11) is 0. The first-order valence-corrected chi connectivity index (χ1v) is 4.21. The van der Waals surface area contributed by atoms with E-state index >= 15 is 0 Å². The fraction of sp³-hybridized carbons (Fsp3) is 0. The standard InChI is InChI=1S/C7H4ClN5O2/c8-6-1-5(13(14)15)2-10-7(6)12-4-9-3-11-12/h1-4H. The molecule has 0 unspecified atom stereocenters. The fourth-order valence-corrected chi connectivity index (χ4v) is 1.25. The Morgan fingerprint density at radius 2 is 2.33 bits per heavy atom. The Morgan fingerprint density at radius 1 is 1.53 bits per heavy atom. The van der Waals surface area contributed by atoms with Crippen LogP contribution in [-0.4, -0.2) is 24.7 Å². The van der Waals surface area contributed by atoms with Crippen LogP contribution >= 0.6 is 11.6 Å². The van der Waals surface area contributed by atoms with E-state index in [2.05, 4.69) is 15.1 Å². The third-order valence-corrected chi connectivity index (χ3v) is 1.93. The molecule has 0 bridgehead atoms. The van der Waals surface area contributed by atoms with E-state index in [0.29, 0.717) is 5.82 Å². The minimum absolute atomic E-state index is 0.148. The van der Waals surface area contributed by atoms with Gasteiger partial charge >= 0.3 is 0 Å². The van der Waals surface area contributed by atoms with Gasteiger partial charge in [-0.05, 0) is 0 Å². The van der Waals surface area contributed by atoms with Crippen LogP contribution in [0.5, 0.6) is 0 Å². The second-order valence-corrected chi connectivity index (χ2v) is 3.00. The summed E-state index contributed by atoms with van der Waals surface area (Å²) in [4.78, 5) is 17.4. The molecular formula is C7H4ClN5O2. The molecule has 2 heterocycles. The first-order chi connectivity index (χ1) is 7.18. The molecule has 0 radical (unpaired) electrons. The maximum absolute atomic E-state index is 10.4. The summed E-state index contributed by atoms with van der Waals surface area (Å²) in [6.07, 6.45) is 3.84. The van der Waals surface area contributed by atoms with Gasteiger partial charge in [0.15, 0.2) is 5.82 Å². The van der Waals surface area contributed by atoms with Crippen molar-refractivity contribution in [1.82, 2.24) is 19.7 Å². The van der Waals surface area contributed by atoms with E-state index in [9.17, 15) is 10.1 Å². The quantitative estimate of drug-likeness (QED) is 0.567. The van der Waals surface area contributed by atoms with E-state index in [-0.39, 0.29) is 10.7 Å². The van der Waals surface area contributed by atoms with Gasteiger partial charge in [-0.2, -0.15) is 5.10 Å². The Balaban J connectivity index is 2.48. The van der Waals surface area contributed by atoms with Crippen LogP contribution in [0.1, 0.15) is 0 Å². The highest BCUT2D eigenvalue weighted by Crippen LogP contribution is 2.21. The van der Waals surface area contributed by atoms with E-state index in [1.807, 2.05) is 0 Å². The summed E-state index contributed by atoms with van der Waals surface area (Å²) in [5, 5.41) is 14.4. The molecule has 0 aliphatic carbocycles.